The van der Waals surface area contributed by atoms with Crippen molar-refractivity contribution in [3.05, 3.63) is 0 Å². The first-order valence-electron chi connectivity index (χ1n) is 5.35. The molecular weight excluding hydrogens is 214 g/mol. The Labute approximate surface area is 92.1 Å². The van der Waals surface area contributed by atoms with E-state index in [1.165, 1.54) is 0 Å². The van der Waals surface area contributed by atoms with E-state index >= 15 is 0 Å². The Morgan fingerprint density at radius 1 is 1.60 bits per heavy atom. The van der Waals surface area contributed by atoms with Gasteiger partial charge in [0.15, 0.2) is 0 Å². The highest BCUT2D eigenvalue weighted by molar-refractivity contribution is 7.90. The first-order chi connectivity index (χ1) is 6.95. The third-order valence-electron chi connectivity index (χ3n) is 2.82. The van der Waals surface area contributed by atoms with Crippen LogP contribution in [0.2, 0.25) is 0 Å². The average Bonchev–Trinajstić information content (AvgIpc) is 2.15. The van der Waals surface area contributed by atoms with Gasteiger partial charge in [0.2, 0.25) is 10.0 Å². The normalized spacial score (nSPS) is 26.5. The number of piperidine rings is 1. The van der Waals surface area contributed by atoms with Crippen molar-refractivity contribution in [2.45, 2.75) is 31.1 Å². The molecule has 5 nitrogen and oxygen atoms in total. The minimum Gasteiger partial charge on any atom is -0.329 e. The Balaban J connectivity index is 2.53. The molecule has 0 radical (unpaired) electrons. The number of sulfonamides is 1. The van der Waals surface area contributed by atoms with Crippen LogP contribution in [0.15, 0.2) is 0 Å². The second-order valence-electron chi connectivity index (χ2n) is 4.31. The molecule has 2 atom stereocenters. The number of rotatable bonds is 4. The molecule has 3 N–H and O–H groups in total. The van der Waals surface area contributed by atoms with Crippen molar-refractivity contribution in [2.75, 3.05) is 26.7 Å². The quantitative estimate of drug-likeness (QED) is 0.679. The molecule has 0 aromatic carbocycles. The second-order valence-corrected chi connectivity index (χ2v) is 6.44. The molecule has 1 aliphatic heterocycles. The number of nitrogens with zero attached hydrogens (tertiary/aromatic N) is 1. The lowest BCUT2D eigenvalue weighted by Gasteiger charge is -2.30. The van der Waals surface area contributed by atoms with Crippen molar-refractivity contribution >= 4 is 10.0 Å². The number of hydrogen-bond donors (Lipinski definition) is 2. The lowest BCUT2D eigenvalue weighted by molar-refractivity contribution is 0.242. The van der Waals surface area contributed by atoms with Crippen LogP contribution in [-0.2, 0) is 10.0 Å². The van der Waals surface area contributed by atoms with E-state index in [-0.39, 0.29) is 12.6 Å². The Morgan fingerprint density at radius 3 is 2.80 bits per heavy atom. The summed E-state index contributed by atoms with van der Waals surface area (Å²) in [6.45, 7) is 3.63. The topological polar surface area (TPSA) is 75.4 Å². The Kier molecular flexibility index (Phi) is 4.51. The van der Waals surface area contributed by atoms with Crippen LogP contribution in [0.3, 0.4) is 0 Å². The molecule has 0 amide bonds. The van der Waals surface area contributed by atoms with E-state index < -0.39 is 15.3 Å². The Hall–Kier alpha value is -0.170. The predicted octanol–water partition coefficient (Wildman–Crippen LogP) is -0.653. The number of likely N-dealkylation sites (N-methyl/N-ethyl adjacent to an activating group) is 1. The highest BCUT2D eigenvalue weighted by Crippen LogP contribution is 2.10. The number of nitrogens with two attached hydrogens (primary N) is 1. The van der Waals surface area contributed by atoms with Gasteiger partial charge in [-0.2, -0.15) is 0 Å². The van der Waals surface area contributed by atoms with Crippen LogP contribution in [0, 0.1) is 0 Å². The van der Waals surface area contributed by atoms with Crippen LogP contribution in [0.1, 0.15) is 19.8 Å². The molecule has 6 heteroatoms. The average molecular weight is 235 g/mol. The van der Waals surface area contributed by atoms with Crippen LogP contribution in [-0.4, -0.2) is 51.3 Å². The van der Waals surface area contributed by atoms with Crippen LogP contribution in [0.25, 0.3) is 0 Å². The fourth-order valence-electron chi connectivity index (χ4n) is 1.74. The molecule has 1 aliphatic rings. The fraction of sp³-hybridized carbons (Fsp3) is 1.00. The second kappa shape index (κ2) is 5.25. The van der Waals surface area contributed by atoms with Gasteiger partial charge >= 0.3 is 0 Å². The molecule has 0 aliphatic carbocycles. The van der Waals surface area contributed by atoms with Crippen LogP contribution in [0.5, 0.6) is 0 Å². The van der Waals surface area contributed by atoms with Gasteiger partial charge in [-0.3, -0.25) is 0 Å². The minimum absolute atomic E-state index is 0.0442. The summed E-state index contributed by atoms with van der Waals surface area (Å²) in [6.07, 6.45) is 1.96. The van der Waals surface area contributed by atoms with Gasteiger partial charge in [-0.05, 0) is 33.4 Å². The highest BCUT2D eigenvalue weighted by Gasteiger charge is 2.25. The summed E-state index contributed by atoms with van der Waals surface area (Å²) in [6, 6.07) is 0.0442. The molecule has 1 saturated heterocycles. The number of hydrogen-bond acceptors (Lipinski definition) is 4. The molecular formula is C9H21N3O2S. The number of likely N-dealkylation sites (tertiary alicyclic amines) is 1. The molecule has 0 bridgehead atoms. The SMILES string of the molecule is CC(CN)S(=O)(=O)NC1CCCN(C)C1. The fourth-order valence-corrected chi connectivity index (χ4v) is 2.88. The molecule has 0 aromatic rings. The van der Waals surface area contributed by atoms with E-state index in [4.69, 9.17) is 5.73 Å². The van der Waals surface area contributed by atoms with Crippen molar-refractivity contribution in [3.8, 4) is 0 Å². The van der Waals surface area contributed by atoms with E-state index in [1.54, 1.807) is 6.92 Å². The van der Waals surface area contributed by atoms with Crippen molar-refractivity contribution in [2.24, 2.45) is 5.73 Å². The van der Waals surface area contributed by atoms with Crippen LogP contribution < -0.4 is 10.5 Å². The van der Waals surface area contributed by atoms with E-state index in [9.17, 15) is 8.42 Å². The number of nitrogens with one attached hydrogen (secondary N) is 1. The van der Waals surface area contributed by atoms with E-state index in [0.29, 0.717) is 0 Å². The molecule has 1 heterocycles. The van der Waals surface area contributed by atoms with E-state index in [0.717, 1.165) is 25.9 Å². The predicted molar refractivity (Wildman–Crippen MR) is 61.1 cm³/mol. The minimum atomic E-state index is -3.24. The van der Waals surface area contributed by atoms with Gasteiger partial charge < -0.3 is 10.6 Å². The molecule has 15 heavy (non-hydrogen) atoms. The van der Waals surface area contributed by atoms with Crippen molar-refractivity contribution < 1.29 is 8.42 Å². The van der Waals surface area contributed by atoms with Gasteiger partial charge in [-0.1, -0.05) is 0 Å². The Morgan fingerprint density at radius 2 is 2.27 bits per heavy atom. The molecule has 1 rings (SSSR count). The lowest BCUT2D eigenvalue weighted by Crippen LogP contribution is -2.49. The highest BCUT2D eigenvalue weighted by atomic mass is 32.2. The third-order valence-corrected chi connectivity index (χ3v) is 4.73. The molecule has 2 unspecified atom stereocenters. The smallest absolute Gasteiger partial charge is 0.215 e. The molecule has 90 valence electrons. The first-order valence-corrected chi connectivity index (χ1v) is 6.90. The van der Waals surface area contributed by atoms with Gasteiger partial charge in [-0.25, -0.2) is 13.1 Å². The van der Waals surface area contributed by atoms with Crippen LogP contribution >= 0.6 is 0 Å². The van der Waals surface area contributed by atoms with Gasteiger partial charge in [0.05, 0.1) is 5.25 Å². The summed E-state index contributed by atoms with van der Waals surface area (Å²) in [5.41, 5.74) is 5.36. The van der Waals surface area contributed by atoms with Crippen molar-refractivity contribution in [1.82, 2.24) is 9.62 Å². The third kappa shape index (κ3) is 3.71. The van der Waals surface area contributed by atoms with Gasteiger partial charge in [0.1, 0.15) is 0 Å². The van der Waals surface area contributed by atoms with Gasteiger partial charge in [0, 0.05) is 19.1 Å². The first kappa shape index (κ1) is 12.9. The molecule has 0 aromatic heterocycles. The Bertz CT molecular complexity index is 292. The van der Waals surface area contributed by atoms with Crippen molar-refractivity contribution in [3.63, 3.8) is 0 Å². The summed E-state index contributed by atoms with van der Waals surface area (Å²) in [5, 5.41) is -0.510. The standard InChI is InChI=1S/C9H21N3O2S/c1-8(6-10)15(13,14)11-9-4-3-5-12(2)7-9/h8-9,11H,3-7,10H2,1-2H3. The molecule has 0 saturated carbocycles. The zero-order valence-corrected chi connectivity index (χ0v) is 10.3. The summed E-state index contributed by atoms with van der Waals surface area (Å²) in [7, 11) is -1.23. The lowest BCUT2D eigenvalue weighted by atomic mass is 10.1. The van der Waals surface area contributed by atoms with Crippen molar-refractivity contribution in [1.29, 1.82) is 0 Å². The van der Waals surface area contributed by atoms with E-state index in [1.807, 2.05) is 7.05 Å². The zero-order chi connectivity index (χ0) is 11.5. The zero-order valence-electron chi connectivity index (χ0n) is 9.44. The maximum absolute atomic E-state index is 11.7. The summed E-state index contributed by atoms with van der Waals surface area (Å²) < 4.78 is 26.2. The molecule has 0 spiro atoms. The van der Waals surface area contributed by atoms with Gasteiger partial charge in [0.25, 0.3) is 0 Å². The maximum atomic E-state index is 11.7. The summed E-state index contributed by atoms with van der Waals surface area (Å²) in [5.74, 6) is 0. The summed E-state index contributed by atoms with van der Waals surface area (Å²) >= 11 is 0. The maximum Gasteiger partial charge on any atom is 0.215 e. The van der Waals surface area contributed by atoms with Gasteiger partial charge in [-0.15, -0.1) is 0 Å². The largest absolute Gasteiger partial charge is 0.329 e. The molecule has 1 fully saturated rings. The summed E-state index contributed by atoms with van der Waals surface area (Å²) in [4.78, 5) is 2.14. The van der Waals surface area contributed by atoms with Crippen LogP contribution in [0.4, 0.5) is 0 Å². The van der Waals surface area contributed by atoms with E-state index in [2.05, 4.69) is 9.62 Å². The monoisotopic (exact) mass is 235 g/mol.